The summed E-state index contributed by atoms with van der Waals surface area (Å²) < 4.78 is 13.3. The van der Waals surface area contributed by atoms with Gasteiger partial charge in [0, 0.05) is 17.8 Å². The second-order valence-corrected chi connectivity index (χ2v) is 7.09. The highest BCUT2D eigenvalue weighted by Crippen LogP contribution is 2.31. The number of nitrogens with zero attached hydrogens (tertiary/aromatic N) is 1. The van der Waals surface area contributed by atoms with Crippen LogP contribution in [-0.2, 0) is 4.79 Å². The van der Waals surface area contributed by atoms with E-state index in [9.17, 15) is 9.18 Å². The van der Waals surface area contributed by atoms with Crippen LogP contribution >= 0.6 is 0 Å². The van der Waals surface area contributed by atoms with Crippen molar-refractivity contribution >= 4 is 17.3 Å². The average molecular weight is 339 g/mol. The normalized spacial score (nSPS) is 15.1. The topological polar surface area (TPSA) is 20.3 Å². The lowest BCUT2D eigenvalue weighted by Crippen LogP contribution is -2.26. The zero-order valence-corrected chi connectivity index (χ0v) is 14.9. The van der Waals surface area contributed by atoms with Gasteiger partial charge in [-0.2, -0.15) is 0 Å². The third kappa shape index (κ3) is 4.68. The van der Waals surface area contributed by atoms with E-state index < -0.39 is 0 Å². The van der Waals surface area contributed by atoms with Crippen molar-refractivity contribution in [3.05, 3.63) is 59.9 Å². The minimum absolute atomic E-state index is 0.0859. The van der Waals surface area contributed by atoms with Crippen molar-refractivity contribution < 1.29 is 9.18 Å². The Kier molecular flexibility index (Phi) is 5.85. The van der Waals surface area contributed by atoms with Crippen LogP contribution in [0.5, 0.6) is 0 Å². The van der Waals surface area contributed by atoms with Crippen molar-refractivity contribution in [2.45, 2.75) is 51.9 Å². The lowest BCUT2D eigenvalue weighted by molar-refractivity contribution is -0.118. The monoisotopic (exact) mass is 339 g/mol. The molecule has 132 valence electrons. The van der Waals surface area contributed by atoms with Crippen LogP contribution in [0.4, 0.5) is 15.8 Å². The molecule has 3 heteroatoms. The van der Waals surface area contributed by atoms with Crippen molar-refractivity contribution in [3.63, 3.8) is 0 Å². The molecule has 2 aromatic rings. The zero-order chi connectivity index (χ0) is 17.6. The van der Waals surface area contributed by atoms with Crippen LogP contribution < -0.4 is 4.90 Å². The maximum Gasteiger partial charge on any atom is 0.231 e. The van der Waals surface area contributed by atoms with Crippen molar-refractivity contribution in [2.75, 3.05) is 4.90 Å². The van der Waals surface area contributed by atoms with E-state index in [-0.39, 0.29) is 11.7 Å². The van der Waals surface area contributed by atoms with Crippen LogP contribution in [0.2, 0.25) is 0 Å². The number of carbonyl (C=O) groups excluding carboxylic acids is 1. The predicted octanol–water partition coefficient (Wildman–Crippen LogP) is 6.16. The molecular weight excluding hydrogens is 313 g/mol. The van der Waals surface area contributed by atoms with Crippen molar-refractivity contribution in [1.82, 2.24) is 0 Å². The van der Waals surface area contributed by atoms with E-state index in [0.29, 0.717) is 12.3 Å². The number of aryl methyl sites for hydroxylation is 1. The van der Waals surface area contributed by atoms with Gasteiger partial charge in [0.2, 0.25) is 5.91 Å². The van der Waals surface area contributed by atoms with Gasteiger partial charge in [0.15, 0.2) is 0 Å². The lowest BCUT2D eigenvalue weighted by atomic mass is 9.86. The Bertz CT molecular complexity index is 704. The molecule has 2 aromatic carbocycles. The summed E-state index contributed by atoms with van der Waals surface area (Å²) in [4.78, 5) is 14.7. The van der Waals surface area contributed by atoms with Crippen LogP contribution in [0.25, 0.3) is 0 Å². The van der Waals surface area contributed by atoms with Crippen LogP contribution in [0.3, 0.4) is 0 Å². The van der Waals surface area contributed by atoms with Crippen LogP contribution in [-0.4, -0.2) is 5.91 Å². The van der Waals surface area contributed by atoms with Gasteiger partial charge < -0.3 is 0 Å². The van der Waals surface area contributed by atoms with Crippen LogP contribution in [0, 0.1) is 18.7 Å². The fraction of sp³-hybridized carbons (Fsp3) is 0.409. The van der Waals surface area contributed by atoms with E-state index in [2.05, 4.69) is 0 Å². The Morgan fingerprint density at radius 3 is 2.44 bits per heavy atom. The molecule has 3 rings (SSSR count). The van der Waals surface area contributed by atoms with Crippen molar-refractivity contribution in [2.24, 2.45) is 5.92 Å². The van der Waals surface area contributed by atoms with E-state index in [1.54, 1.807) is 17.0 Å². The molecule has 0 spiro atoms. The second kappa shape index (κ2) is 8.28. The maximum atomic E-state index is 13.3. The minimum atomic E-state index is -0.289. The summed E-state index contributed by atoms with van der Waals surface area (Å²) >= 11 is 0. The number of hydrogen-bond acceptors (Lipinski definition) is 1. The van der Waals surface area contributed by atoms with E-state index in [1.165, 1.54) is 44.2 Å². The first kappa shape index (κ1) is 17.7. The number of anilines is 2. The van der Waals surface area contributed by atoms with Gasteiger partial charge in [0.1, 0.15) is 5.82 Å². The first-order valence-corrected chi connectivity index (χ1v) is 9.28. The molecule has 1 aliphatic carbocycles. The summed E-state index contributed by atoms with van der Waals surface area (Å²) in [6.07, 6.45) is 7.88. The Balaban J connectivity index is 1.80. The first-order valence-electron chi connectivity index (χ1n) is 9.28. The maximum absolute atomic E-state index is 13.3. The molecule has 1 fully saturated rings. The number of hydrogen-bond donors (Lipinski definition) is 0. The number of rotatable bonds is 5. The van der Waals surface area contributed by atoms with Gasteiger partial charge in [-0.1, -0.05) is 44.2 Å². The molecule has 0 atom stereocenters. The highest BCUT2D eigenvalue weighted by molar-refractivity contribution is 6.00. The fourth-order valence-corrected chi connectivity index (χ4v) is 3.71. The Labute approximate surface area is 149 Å². The molecule has 0 heterocycles. The molecule has 0 bridgehead atoms. The summed E-state index contributed by atoms with van der Waals surface area (Å²) in [5, 5.41) is 0. The second-order valence-electron chi connectivity index (χ2n) is 7.09. The molecule has 0 N–H and O–H groups in total. The van der Waals surface area contributed by atoms with Gasteiger partial charge in [0.05, 0.1) is 0 Å². The largest absolute Gasteiger partial charge is 0.281 e. The minimum Gasteiger partial charge on any atom is -0.281 e. The average Bonchev–Trinajstić information content (AvgIpc) is 2.63. The number of amides is 1. The molecule has 0 unspecified atom stereocenters. The van der Waals surface area contributed by atoms with E-state index in [0.717, 1.165) is 23.4 Å². The van der Waals surface area contributed by atoms with Gasteiger partial charge >= 0.3 is 0 Å². The summed E-state index contributed by atoms with van der Waals surface area (Å²) in [7, 11) is 0. The molecule has 1 amide bonds. The predicted molar refractivity (Wildman–Crippen MR) is 101 cm³/mol. The molecule has 2 nitrogen and oxygen atoms in total. The molecule has 1 aliphatic rings. The first-order chi connectivity index (χ1) is 12.1. The summed E-state index contributed by atoms with van der Waals surface area (Å²) in [5.41, 5.74) is 2.67. The molecule has 0 radical (unpaired) electrons. The van der Waals surface area contributed by atoms with Gasteiger partial charge in [-0.25, -0.2) is 4.39 Å². The highest BCUT2D eigenvalue weighted by Gasteiger charge is 2.21. The van der Waals surface area contributed by atoms with Gasteiger partial charge in [-0.15, -0.1) is 0 Å². The Morgan fingerprint density at radius 2 is 1.76 bits per heavy atom. The molecule has 1 saturated carbocycles. The zero-order valence-electron chi connectivity index (χ0n) is 14.9. The molecular formula is C22H26FNO. The Hall–Kier alpha value is -2.16. The van der Waals surface area contributed by atoms with Crippen LogP contribution in [0.1, 0.15) is 50.5 Å². The summed E-state index contributed by atoms with van der Waals surface area (Å²) in [6, 6.07) is 14.1. The van der Waals surface area contributed by atoms with E-state index in [1.807, 2.05) is 31.2 Å². The lowest BCUT2D eigenvalue weighted by Gasteiger charge is -2.26. The molecule has 0 aliphatic heterocycles. The third-order valence-corrected chi connectivity index (χ3v) is 5.09. The van der Waals surface area contributed by atoms with E-state index >= 15 is 0 Å². The smallest absolute Gasteiger partial charge is 0.231 e. The van der Waals surface area contributed by atoms with Crippen molar-refractivity contribution in [1.29, 1.82) is 0 Å². The molecule has 0 aromatic heterocycles. The fourth-order valence-electron chi connectivity index (χ4n) is 3.71. The standard InChI is InChI=1S/C22H26FNO/c1-17-6-5-9-21(16-17)24(20-13-11-19(23)12-14-20)22(25)15-10-18-7-3-2-4-8-18/h5-6,9,11-14,16,18H,2-4,7-8,10,15H2,1H3. The molecule has 0 saturated heterocycles. The van der Waals surface area contributed by atoms with Crippen LogP contribution in [0.15, 0.2) is 48.5 Å². The summed E-state index contributed by atoms with van der Waals surface area (Å²) in [5.74, 6) is 0.468. The number of carbonyl (C=O) groups is 1. The SMILES string of the molecule is Cc1cccc(N(C(=O)CCC2CCCCC2)c2ccc(F)cc2)c1. The number of benzene rings is 2. The van der Waals surface area contributed by atoms with E-state index in [4.69, 9.17) is 0 Å². The third-order valence-electron chi connectivity index (χ3n) is 5.09. The van der Waals surface area contributed by atoms with Crippen molar-refractivity contribution in [3.8, 4) is 0 Å². The number of halogens is 1. The highest BCUT2D eigenvalue weighted by atomic mass is 19.1. The summed E-state index contributed by atoms with van der Waals surface area (Å²) in [6.45, 7) is 2.01. The Morgan fingerprint density at radius 1 is 1.04 bits per heavy atom. The quantitative estimate of drug-likeness (QED) is 0.639. The molecule has 25 heavy (non-hydrogen) atoms. The van der Waals surface area contributed by atoms with Gasteiger partial charge in [-0.3, -0.25) is 9.69 Å². The van der Waals surface area contributed by atoms with Gasteiger partial charge in [-0.05, 0) is 61.2 Å². The van der Waals surface area contributed by atoms with Gasteiger partial charge in [0.25, 0.3) is 0 Å².